The number of benzene rings is 1. The van der Waals surface area contributed by atoms with Crippen LogP contribution in [0.4, 0.5) is 0 Å². The second-order valence-electron chi connectivity index (χ2n) is 3.11. The molecule has 0 spiro atoms. The largest absolute Gasteiger partial charge is 0.382 e. The number of hydrogen-bond acceptors (Lipinski definition) is 3. The minimum Gasteiger partial charge on any atom is -0.382 e. The Bertz CT molecular complexity index is 244. The van der Waals surface area contributed by atoms with Gasteiger partial charge in [0.25, 0.3) is 0 Å². The molecule has 0 fully saturated rings. The summed E-state index contributed by atoms with van der Waals surface area (Å²) in [6, 6.07) is 10.0. The second kappa shape index (κ2) is 8.68. The van der Waals surface area contributed by atoms with Gasteiger partial charge in [-0.25, -0.2) is 0 Å². The molecule has 0 amide bonds. The highest BCUT2D eigenvalue weighted by molar-refractivity contribution is 5.85. The Morgan fingerprint density at radius 2 is 1.93 bits per heavy atom. The second-order valence-corrected chi connectivity index (χ2v) is 3.11. The number of rotatable bonds is 6. The Morgan fingerprint density at radius 1 is 1.27 bits per heavy atom. The summed E-state index contributed by atoms with van der Waals surface area (Å²) in [5.74, 6) is 0. The van der Waals surface area contributed by atoms with Crippen molar-refractivity contribution in [3.8, 4) is 0 Å². The topological polar surface area (TPSA) is 44.5 Å². The highest BCUT2D eigenvalue weighted by Crippen LogP contribution is 2.02. The van der Waals surface area contributed by atoms with E-state index >= 15 is 0 Å². The molecule has 2 N–H and O–H groups in total. The molecule has 1 unspecified atom stereocenters. The number of nitrogens with two attached hydrogens (primary N) is 1. The molecular weight excluding hydrogens is 214 g/mol. The van der Waals surface area contributed by atoms with E-state index in [4.69, 9.17) is 15.2 Å². The molecule has 1 aromatic rings. The Balaban J connectivity index is 0.00000196. The molecule has 0 aliphatic rings. The fourth-order valence-electron chi connectivity index (χ4n) is 1.16. The van der Waals surface area contributed by atoms with Crippen molar-refractivity contribution < 1.29 is 9.47 Å². The van der Waals surface area contributed by atoms with Crippen LogP contribution in [0.15, 0.2) is 30.3 Å². The van der Waals surface area contributed by atoms with E-state index in [1.807, 2.05) is 30.3 Å². The SMILES string of the molecule is COCC(CN)OCc1ccccc1.Cl. The van der Waals surface area contributed by atoms with Gasteiger partial charge in [-0.05, 0) is 5.56 Å². The Labute approximate surface area is 97.0 Å². The maximum atomic E-state index is 5.57. The molecule has 0 aromatic heterocycles. The van der Waals surface area contributed by atoms with Gasteiger partial charge >= 0.3 is 0 Å². The van der Waals surface area contributed by atoms with E-state index in [1.165, 1.54) is 0 Å². The van der Waals surface area contributed by atoms with E-state index in [9.17, 15) is 0 Å². The summed E-state index contributed by atoms with van der Waals surface area (Å²) < 4.78 is 10.5. The predicted octanol–water partition coefficient (Wildman–Crippen LogP) is 1.60. The quantitative estimate of drug-likeness (QED) is 0.809. The van der Waals surface area contributed by atoms with Gasteiger partial charge in [-0.1, -0.05) is 30.3 Å². The number of ether oxygens (including phenoxy) is 2. The van der Waals surface area contributed by atoms with Gasteiger partial charge in [0.2, 0.25) is 0 Å². The average Bonchev–Trinajstić information content (AvgIpc) is 2.25. The van der Waals surface area contributed by atoms with Crippen LogP contribution in [0.3, 0.4) is 0 Å². The first-order chi connectivity index (χ1) is 6.86. The van der Waals surface area contributed by atoms with Gasteiger partial charge in [0, 0.05) is 13.7 Å². The van der Waals surface area contributed by atoms with E-state index in [0.29, 0.717) is 19.8 Å². The van der Waals surface area contributed by atoms with E-state index in [-0.39, 0.29) is 18.5 Å². The lowest BCUT2D eigenvalue weighted by molar-refractivity contribution is -0.00562. The molecule has 86 valence electrons. The molecule has 0 saturated carbocycles. The first-order valence-electron chi connectivity index (χ1n) is 4.71. The minimum absolute atomic E-state index is 0. The maximum Gasteiger partial charge on any atom is 0.0934 e. The number of methoxy groups -OCH3 is 1. The molecule has 0 radical (unpaired) electrons. The standard InChI is InChI=1S/C11H17NO2.ClH/c1-13-9-11(7-12)14-8-10-5-3-2-4-6-10;/h2-6,11H,7-9,12H2,1H3;1H. The van der Waals surface area contributed by atoms with E-state index in [1.54, 1.807) is 7.11 Å². The molecule has 15 heavy (non-hydrogen) atoms. The third kappa shape index (κ3) is 5.74. The van der Waals surface area contributed by atoms with Crippen molar-refractivity contribution in [2.24, 2.45) is 5.73 Å². The zero-order valence-electron chi connectivity index (χ0n) is 8.89. The molecule has 0 bridgehead atoms. The molecule has 3 nitrogen and oxygen atoms in total. The summed E-state index contributed by atoms with van der Waals surface area (Å²) >= 11 is 0. The van der Waals surface area contributed by atoms with Gasteiger partial charge in [-0.3, -0.25) is 0 Å². The molecular formula is C11H18ClNO2. The number of hydrogen-bond donors (Lipinski definition) is 1. The normalized spacial score (nSPS) is 11.9. The van der Waals surface area contributed by atoms with E-state index in [2.05, 4.69) is 0 Å². The first kappa shape index (κ1) is 14.4. The minimum atomic E-state index is -0.0137. The predicted molar refractivity (Wildman–Crippen MR) is 63.2 cm³/mol. The van der Waals surface area contributed by atoms with Gasteiger partial charge in [0.1, 0.15) is 0 Å². The van der Waals surface area contributed by atoms with Gasteiger partial charge in [0.15, 0.2) is 0 Å². The van der Waals surface area contributed by atoms with Crippen LogP contribution in [0.25, 0.3) is 0 Å². The van der Waals surface area contributed by atoms with Gasteiger partial charge in [-0.2, -0.15) is 0 Å². The summed E-state index contributed by atoms with van der Waals surface area (Å²) in [6.07, 6.45) is -0.0137. The van der Waals surface area contributed by atoms with Crippen LogP contribution in [0.1, 0.15) is 5.56 Å². The van der Waals surface area contributed by atoms with Gasteiger partial charge in [0.05, 0.1) is 19.3 Å². The summed E-state index contributed by atoms with van der Waals surface area (Å²) in [7, 11) is 1.65. The zero-order chi connectivity index (χ0) is 10.2. The van der Waals surface area contributed by atoms with Crippen molar-refractivity contribution in [2.45, 2.75) is 12.7 Å². The van der Waals surface area contributed by atoms with Gasteiger partial charge < -0.3 is 15.2 Å². The number of halogens is 1. The van der Waals surface area contributed by atoms with Crippen molar-refractivity contribution in [3.05, 3.63) is 35.9 Å². The van der Waals surface area contributed by atoms with Crippen molar-refractivity contribution >= 4 is 12.4 Å². The summed E-state index contributed by atoms with van der Waals surface area (Å²) in [4.78, 5) is 0. The fraction of sp³-hybridized carbons (Fsp3) is 0.455. The third-order valence-corrected chi connectivity index (χ3v) is 1.94. The Morgan fingerprint density at radius 3 is 2.47 bits per heavy atom. The van der Waals surface area contributed by atoms with Crippen LogP contribution in [0.2, 0.25) is 0 Å². The lowest BCUT2D eigenvalue weighted by Gasteiger charge is -2.14. The maximum absolute atomic E-state index is 5.57. The average molecular weight is 232 g/mol. The summed E-state index contributed by atoms with van der Waals surface area (Å²) in [5.41, 5.74) is 6.67. The van der Waals surface area contributed by atoms with Crippen molar-refractivity contribution in [3.63, 3.8) is 0 Å². The molecule has 1 aromatic carbocycles. The summed E-state index contributed by atoms with van der Waals surface area (Å²) in [5, 5.41) is 0. The van der Waals surface area contributed by atoms with Crippen LogP contribution in [-0.2, 0) is 16.1 Å². The monoisotopic (exact) mass is 231 g/mol. The summed E-state index contributed by atoms with van der Waals surface area (Å²) in [6.45, 7) is 1.62. The van der Waals surface area contributed by atoms with Crippen LogP contribution < -0.4 is 5.73 Å². The van der Waals surface area contributed by atoms with Crippen molar-refractivity contribution in [1.29, 1.82) is 0 Å². The lowest BCUT2D eigenvalue weighted by Crippen LogP contribution is -2.28. The van der Waals surface area contributed by atoms with E-state index < -0.39 is 0 Å². The lowest BCUT2D eigenvalue weighted by atomic mass is 10.2. The first-order valence-corrected chi connectivity index (χ1v) is 4.71. The fourth-order valence-corrected chi connectivity index (χ4v) is 1.16. The van der Waals surface area contributed by atoms with Crippen molar-refractivity contribution in [1.82, 2.24) is 0 Å². The smallest absolute Gasteiger partial charge is 0.0934 e. The van der Waals surface area contributed by atoms with Crippen molar-refractivity contribution in [2.75, 3.05) is 20.3 Å². The molecule has 4 heteroatoms. The molecule has 0 saturated heterocycles. The molecule has 0 aliphatic heterocycles. The molecule has 1 rings (SSSR count). The van der Waals surface area contributed by atoms with Gasteiger partial charge in [-0.15, -0.1) is 12.4 Å². The zero-order valence-corrected chi connectivity index (χ0v) is 9.70. The molecule has 0 aliphatic carbocycles. The van der Waals surface area contributed by atoms with Crippen LogP contribution in [0.5, 0.6) is 0 Å². The molecule has 1 atom stereocenters. The van der Waals surface area contributed by atoms with Crippen LogP contribution in [-0.4, -0.2) is 26.4 Å². The van der Waals surface area contributed by atoms with E-state index in [0.717, 1.165) is 5.56 Å². The Hall–Kier alpha value is -0.610. The highest BCUT2D eigenvalue weighted by atomic mass is 35.5. The Kier molecular flexibility index (Phi) is 8.33. The van der Waals surface area contributed by atoms with Crippen LogP contribution in [0, 0.1) is 0 Å². The highest BCUT2D eigenvalue weighted by Gasteiger charge is 2.05. The third-order valence-electron chi connectivity index (χ3n) is 1.94. The van der Waals surface area contributed by atoms with Crippen LogP contribution >= 0.6 is 12.4 Å². The molecule has 0 heterocycles.